The Bertz CT molecular complexity index is 578. The third kappa shape index (κ3) is 3.08. The van der Waals surface area contributed by atoms with Gasteiger partial charge in [0.15, 0.2) is 0 Å². The van der Waals surface area contributed by atoms with Gasteiger partial charge in [0, 0.05) is 18.8 Å². The van der Waals surface area contributed by atoms with E-state index in [-0.39, 0.29) is 22.7 Å². The molecule has 0 radical (unpaired) electrons. The summed E-state index contributed by atoms with van der Waals surface area (Å²) in [5.74, 6) is 1.76. The van der Waals surface area contributed by atoms with Gasteiger partial charge >= 0.3 is 5.97 Å². The SMILES string of the molecule is COC(=O)CCCC1CCC=C2C1(C)CCC1C(C)C(=O)CC[C@]21C. The number of Topliss-reactive ketones (excluding diaryl/α,β-unsaturated/α-hetero) is 1. The average molecular weight is 347 g/mol. The summed E-state index contributed by atoms with van der Waals surface area (Å²) in [6.07, 6.45) is 11.6. The zero-order chi connectivity index (χ0) is 18.2. The maximum atomic E-state index is 12.3. The van der Waals surface area contributed by atoms with Crippen LogP contribution >= 0.6 is 0 Å². The number of allylic oxidation sites excluding steroid dienone is 2. The molecule has 2 fully saturated rings. The van der Waals surface area contributed by atoms with Crippen LogP contribution in [-0.2, 0) is 14.3 Å². The minimum absolute atomic E-state index is 0.0907. The maximum absolute atomic E-state index is 12.3. The van der Waals surface area contributed by atoms with E-state index in [9.17, 15) is 9.59 Å². The largest absolute Gasteiger partial charge is 0.469 e. The maximum Gasteiger partial charge on any atom is 0.305 e. The first-order valence-corrected chi connectivity index (χ1v) is 10.1. The number of ketones is 1. The summed E-state index contributed by atoms with van der Waals surface area (Å²) in [5.41, 5.74) is 2.09. The van der Waals surface area contributed by atoms with Crippen LogP contribution in [0.3, 0.4) is 0 Å². The van der Waals surface area contributed by atoms with Crippen LogP contribution in [0, 0.1) is 28.6 Å². The zero-order valence-corrected chi connectivity index (χ0v) is 16.4. The quantitative estimate of drug-likeness (QED) is 0.526. The van der Waals surface area contributed by atoms with Crippen molar-refractivity contribution in [2.45, 2.75) is 78.6 Å². The van der Waals surface area contributed by atoms with Crippen LogP contribution < -0.4 is 0 Å². The Hall–Kier alpha value is -1.12. The predicted molar refractivity (Wildman–Crippen MR) is 99.0 cm³/mol. The molecule has 3 heteroatoms. The van der Waals surface area contributed by atoms with Gasteiger partial charge in [-0.3, -0.25) is 9.59 Å². The predicted octanol–water partition coefficient (Wildman–Crippen LogP) is 5.09. The van der Waals surface area contributed by atoms with E-state index in [1.54, 1.807) is 5.57 Å². The Balaban J connectivity index is 1.79. The van der Waals surface area contributed by atoms with Crippen molar-refractivity contribution in [1.82, 2.24) is 0 Å². The summed E-state index contributed by atoms with van der Waals surface area (Å²) in [7, 11) is 1.47. The summed E-state index contributed by atoms with van der Waals surface area (Å²) in [6, 6.07) is 0. The molecule has 0 saturated heterocycles. The Morgan fingerprint density at radius 2 is 2.00 bits per heavy atom. The summed E-state index contributed by atoms with van der Waals surface area (Å²) in [6.45, 7) is 7.05. The Kier molecular flexibility index (Phi) is 5.14. The molecule has 3 rings (SSSR count). The normalized spacial score (nSPS) is 40.7. The molecule has 0 amide bonds. The lowest BCUT2D eigenvalue weighted by Gasteiger charge is -2.59. The van der Waals surface area contributed by atoms with Crippen LogP contribution in [0.25, 0.3) is 0 Å². The Morgan fingerprint density at radius 3 is 2.72 bits per heavy atom. The second-order valence-electron chi connectivity index (χ2n) is 9.10. The van der Waals surface area contributed by atoms with E-state index in [0.717, 1.165) is 32.1 Å². The van der Waals surface area contributed by atoms with Crippen LogP contribution in [-0.4, -0.2) is 18.9 Å². The van der Waals surface area contributed by atoms with Gasteiger partial charge in [-0.25, -0.2) is 0 Å². The molecular formula is C22H34O3. The number of rotatable bonds is 4. The fourth-order valence-electron chi connectivity index (χ4n) is 6.41. The summed E-state index contributed by atoms with van der Waals surface area (Å²) >= 11 is 0. The van der Waals surface area contributed by atoms with Crippen molar-refractivity contribution in [2.24, 2.45) is 28.6 Å². The molecule has 4 unspecified atom stereocenters. The molecule has 140 valence electrons. The summed E-state index contributed by atoms with van der Waals surface area (Å²) < 4.78 is 4.80. The van der Waals surface area contributed by atoms with Crippen molar-refractivity contribution < 1.29 is 14.3 Å². The fraction of sp³-hybridized carbons (Fsp3) is 0.818. The first kappa shape index (κ1) is 18.7. The van der Waals surface area contributed by atoms with E-state index in [0.29, 0.717) is 24.0 Å². The molecule has 0 aliphatic heterocycles. The smallest absolute Gasteiger partial charge is 0.305 e. The minimum Gasteiger partial charge on any atom is -0.469 e. The van der Waals surface area contributed by atoms with Crippen molar-refractivity contribution in [3.63, 3.8) is 0 Å². The summed E-state index contributed by atoms with van der Waals surface area (Å²) in [5, 5.41) is 0. The van der Waals surface area contributed by atoms with Crippen molar-refractivity contribution in [3.05, 3.63) is 11.6 Å². The lowest BCUT2D eigenvalue weighted by molar-refractivity contribution is -0.140. The molecule has 0 aromatic rings. The molecule has 0 heterocycles. The minimum atomic E-state index is -0.0907. The molecule has 3 aliphatic rings. The highest BCUT2D eigenvalue weighted by atomic mass is 16.5. The Morgan fingerprint density at radius 1 is 1.24 bits per heavy atom. The van der Waals surface area contributed by atoms with E-state index in [1.165, 1.54) is 26.4 Å². The molecule has 3 nitrogen and oxygen atoms in total. The molecule has 0 spiro atoms. The highest BCUT2D eigenvalue weighted by Gasteiger charge is 2.56. The molecule has 5 atom stereocenters. The van der Waals surface area contributed by atoms with E-state index in [4.69, 9.17) is 4.74 Å². The highest BCUT2D eigenvalue weighted by Crippen LogP contribution is 2.64. The molecule has 0 bridgehead atoms. The average Bonchev–Trinajstić information content (AvgIpc) is 2.59. The first-order chi connectivity index (χ1) is 11.8. The van der Waals surface area contributed by atoms with Crippen molar-refractivity contribution in [2.75, 3.05) is 7.11 Å². The van der Waals surface area contributed by atoms with E-state index in [1.807, 2.05) is 0 Å². The number of methoxy groups -OCH3 is 1. The lowest BCUT2D eigenvalue weighted by Crippen LogP contribution is -2.52. The third-order valence-corrected chi connectivity index (χ3v) is 7.95. The zero-order valence-electron chi connectivity index (χ0n) is 16.4. The number of carbonyl (C=O) groups is 2. The number of esters is 1. The highest BCUT2D eigenvalue weighted by molar-refractivity contribution is 5.82. The van der Waals surface area contributed by atoms with Crippen molar-refractivity contribution >= 4 is 11.8 Å². The van der Waals surface area contributed by atoms with Crippen LogP contribution in [0.4, 0.5) is 0 Å². The standard InChI is InChI=1S/C22H34O3/c1-15-17-11-13-21(2)16(8-6-10-20(24)25-4)7-5-9-19(21)22(17,3)14-12-18(15)23/h9,15-17H,5-8,10-14H2,1-4H3/t15?,16?,17?,21?,22-/m0/s1. The van der Waals surface area contributed by atoms with E-state index < -0.39 is 0 Å². The second-order valence-corrected chi connectivity index (χ2v) is 9.10. The van der Waals surface area contributed by atoms with Crippen LogP contribution in [0.5, 0.6) is 0 Å². The van der Waals surface area contributed by atoms with Gasteiger partial charge in [-0.1, -0.05) is 32.4 Å². The van der Waals surface area contributed by atoms with Gasteiger partial charge in [-0.05, 0) is 67.6 Å². The molecular weight excluding hydrogens is 312 g/mol. The molecule has 0 aromatic heterocycles. The number of hydrogen-bond donors (Lipinski definition) is 0. The van der Waals surface area contributed by atoms with Gasteiger partial charge in [-0.15, -0.1) is 0 Å². The number of fused-ring (bicyclic) bond motifs is 3. The van der Waals surface area contributed by atoms with Crippen LogP contribution in [0.2, 0.25) is 0 Å². The van der Waals surface area contributed by atoms with E-state index in [2.05, 4.69) is 26.8 Å². The molecule has 3 aliphatic carbocycles. The van der Waals surface area contributed by atoms with Crippen LogP contribution in [0.1, 0.15) is 78.6 Å². The van der Waals surface area contributed by atoms with Gasteiger partial charge in [0.25, 0.3) is 0 Å². The monoisotopic (exact) mass is 346 g/mol. The van der Waals surface area contributed by atoms with Crippen LogP contribution in [0.15, 0.2) is 11.6 Å². The molecule has 2 saturated carbocycles. The van der Waals surface area contributed by atoms with Gasteiger partial charge in [0.05, 0.1) is 7.11 Å². The third-order valence-electron chi connectivity index (χ3n) is 7.95. The van der Waals surface area contributed by atoms with Gasteiger partial charge in [0.2, 0.25) is 0 Å². The van der Waals surface area contributed by atoms with Crippen molar-refractivity contribution in [3.8, 4) is 0 Å². The second kappa shape index (κ2) is 6.89. The lowest BCUT2D eigenvalue weighted by atomic mass is 9.45. The van der Waals surface area contributed by atoms with Gasteiger partial charge in [0.1, 0.15) is 5.78 Å². The topological polar surface area (TPSA) is 43.4 Å². The number of carbonyl (C=O) groups excluding carboxylic acids is 2. The molecule has 25 heavy (non-hydrogen) atoms. The molecule has 0 aromatic carbocycles. The number of ether oxygens (including phenoxy) is 1. The number of hydrogen-bond acceptors (Lipinski definition) is 3. The first-order valence-electron chi connectivity index (χ1n) is 10.1. The summed E-state index contributed by atoms with van der Waals surface area (Å²) in [4.78, 5) is 23.7. The molecule has 0 N–H and O–H groups in total. The van der Waals surface area contributed by atoms with Crippen molar-refractivity contribution in [1.29, 1.82) is 0 Å². The van der Waals surface area contributed by atoms with E-state index >= 15 is 0 Å². The van der Waals surface area contributed by atoms with Gasteiger partial charge in [-0.2, -0.15) is 0 Å². The van der Waals surface area contributed by atoms with Gasteiger partial charge < -0.3 is 4.74 Å². The Labute approximate surface area is 152 Å². The fourth-order valence-corrected chi connectivity index (χ4v) is 6.41.